The molecule has 2 heterocycles. The monoisotopic (exact) mass is 427 g/mol. The Morgan fingerprint density at radius 1 is 1.24 bits per heavy atom. The summed E-state index contributed by atoms with van der Waals surface area (Å²) in [5, 5.41) is 22.9. The minimum absolute atomic E-state index is 0.0987. The topological polar surface area (TPSA) is 97.5 Å². The van der Waals surface area contributed by atoms with Crippen LogP contribution in [-0.4, -0.2) is 22.4 Å². The van der Waals surface area contributed by atoms with Crippen molar-refractivity contribution < 1.29 is 14.3 Å². The van der Waals surface area contributed by atoms with Gasteiger partial charge >= 0.3 is 5.63 Å². The first kappa shape index (κ1) is 19.3. The Morgan fingerprint density at radius 3 is 2.90 bits per heavy atom. The van der Waals surface area contributed by atoms with Crippen molar-refractivity contribution in [3.8, 4) is 11.5 Å². The minimum atomic E-state index is -0.447. The van der Waals surface area contributed by atoms with Crippen LogP contribution in [0.5, 0.6) is 11.5 Å². The van der Waals surface area contributed by atoms with E-state index in [1.807, 2.05) is 24.3 Å². The Hall–Kier alpha value is -3.04. The van der Waals surface area contributed by atoms with Gasteiger partial charge in [-0.2, -0.15) is 0 Å². The van der Waals surface area contributed by atoms with E-state index >= 15 is 0 Å². The lowest BCUT2D eigenvalue weighted by Crippen LogP contribution is -2.00. The van der Waals surface area contributed by atoms with Crippen molar-refractivity contribution in [1.29, 1.82) is 0 Å². The van der Waals surface area contributed by atoms with Crippen LogP contribution in [0.3, 0.4) is 0 Å². The van der Waals surface area contributed by atoms with Crippen LogP contribution < -0.4 is 15.7 Å². The van der Waals surface area contributed by atoms with Crippen molar-refractivity contribution in [3.05, 3.63) is 64.0 Å². The summed E-state index contributed by atoms with van der Waals surface area (Å²) in [6.45, 7) is 1.72. The Balaban J connectivity index is 1.53. The van der Waals surface area contributed by atoms with Gasteiger partial charge in [-0.3, -0.25) is 0 Å². The number of rotatable bonds is 6. The lowest BCUT2D eigenvalue weighted by Gasteiger charge is -2.07. The number of hydrogen-bond donors (Lipinski definition) is 2. The molecule has 0 saturated carbocycles. The normalized spacial score (nSPS) is 11.0. The molecular weight excluding hydrogens is 410 g/mol. The number of benzene rings is 2. The van der Waals surface area contributed by atoms with E-state index in [2.05, 4.69) is 15.5 Å². The fraction of sp³-hybridized carbons (Fsp3) is 0.150. The number of hydrogen-bond acceptors (Lipinski definition) is 9. The first-order valence-corrected chi connectivity index (χ1v) is 10.5. The number of para-hydroxylation sites is 2. The minimum Gasteiger partial charge on any atom is -0.508 e. The number of nitrogens with zero attached hydrogens (tertiary/aromatic N) is 2. The van der Waals surface area contributed by atoms with Crippen LogP contribution in [0.25, 0.3) is 11.0 Å². The molecule has 0 amide bonds. The second-order valence-corrected chi connectivity index (χ2v) is 8.36. The molecule has 0 unspecified atom stereocenters. The number of aromatic nitrogens is 2. The molecule has 148 valence electrons. The molecule has 0 aliphatic heterocycles. The van der Waals surface area contributed by atoms with Crippen molar-refractivity contribution in [3.63, 3.8) is 0 Å². The maximum absolute atomic E-state index is 11.9. The highest BCUT2D eigenvalue weighted by molar-refractivity contribution is 8.00. The summed E-state index contributed by atoms with van der Waals surface area (Å²) < 4.78 is 11.4. The van der Waals surface area contributed by atoms with Crippen LogP contribution in [0.15, 0.2) is 56.0 Å². The highest BCUT2D eigenvalue weighted by Crippen LogP contribution is 2.34. The quantitative estimate of drug-likeness (QED) is 0.337. The summed E-state index contributed by atoms with van der Waals surface area (Å²) in [6, 6.07) is 12.4. The standard InChI is InChI=1S/C20H17N3O4S2/c1-11-15(24)8-7-13-12(9-17(25)27-18(11)13)10-28-20-23-22-19(29-20)21-14-5-3-4-6-16(14)26-2/h3-9,24H,10H2,1-2H3,(H,21,22). The number of aromatic hydroxyl groups is 1. The number of ether oxygens (including phenoxy) is 1. The number of phenols is 1. The zero-order valence-corrected chi connectivity index (χ0v) is 17.3. The van der Waals surface area contributed by atoms with Gasteiger partial charge in [-0.25, -0.2) is 4.79 Å². The molecule has 0 aliphatic rings. The molecule has 2 N–H and O–H groups in total. The lowest BCUT2D eigenvalue weighted by atomic mass is 10.1. The molecular formula is C20H17N3O4S2. The van der Waals surface area contributed by atoms with Crippen LogP contribution in [0.2, 0.25) is 0 Å². The molecule has 0 bridgehead atoms. The molecule has 9 heteroatoms. The number of aryl methyl sites for hydroxylation is 1. The van der Waals surface area contributed by atoms with E-state index in [-0.39, 0.29) is 5.75 Å². The summed E-state index contributed by atoms with van der Waals surface area (Å²) in [6.07, 6.45) is 0. The largest absolute Gasteiger partial charge is 0.508 e. The number of fused-ring (bicyclic) bond motifs is 1. The van der Waals surface area contributed by atoms with Gasteiger partial charge in [-0.15, -0.1) is 10.2 Å². The Morgan fingerprint density at radius 2 is 2.07 bits per heavy atom. The molecule has 0 radical (unpaired) electrons. The van der Waals surface area contributed by atoms with Crippen molar-refractivity contribution in [2.24, 2.45) is 0 Å². The molecule has 0 fully saturated rings. The van der Waals surface area contributed by atoms with Gasteiger partial charge in [0.05, 0.1) is 12.8 Å². The van der Waals surface area contributed by atoms with Gasteiger partial charge in [0, 0.05) is 22.8 Å². The lowest BCUT2D eigenvalue weighted by molar-refractivity contribution is 0.417. The van der Waals surface area contributed by atoms with Crippen LogP contribution in [0, 0.1) is 6.92 Å². The SMILES string of the molecule is COc1ccccc1Nc1nnc(SCc2cc(=O)oc3c(C)c(O)ccc23)s1. The number of methoxy groups -OCH3 is 1. The zero-order chi connectivity index (χ0) is 20.4. The average Bonchev–Trinajstić information content (AvgIpc) is 3.17. The second-order valence-electron chi connectivity index (χ2n) is 6.16. The van der Waals surface area contributed by atoms with Crippen LogP contribution in [0.1, 0.15) is 11.1 Å². The van der Waals surface area contributed by atoms with Gasteiger partial charge in [0.2, 0.25) is 5.13 Å². The number of thioether (sulfide) groups is 1. The van der Waals surface area contributed by atoms with E-state index < -0.39 is 5.63 Å². The van der Waals surface area contributed by atoms with Crippen molar-refractivity contribution >= 4 is 44.9 Å². The Bertz CT molecular complexity index is 1240. The predicted molar refractivity (Wildman–Crippen MR) is 115 cm³/mol. The third kappa shape index (κ3) is 4.06. The van der Waals surface area contributed by atoms with Gasteiger partial charge in [0.1, 0.15) is 17.1 Å². The van der Waals surface area contributed by atoms with E-state index in [0.29, 0.717) is 22.0 Å². The van der Waals surface area contributed by atoms with E-state index in [0.717, 1.165) is 26.7 Å². The molecule has 29 heavy (non-hydrogen) atoms. The fourth-order valence-electron chi connectivity index (χ4n) is 2.86. The highest BCUT2D eigenvalue weighted by atomic mass is 32.2. The van der Waals surface area contributed by atoms with Gasteiger partial charge in [-0.05, 0) is 36.8 Å². The number of nitrogens with one attached hydrogen (secondary N) is 1. The Kier molecular flexibility index (Phi) is 5.41. The summed E-state index contributed by atoms with van der Waals surface area (Å²) >= 11 is 2.89. The first-order valence-electron chi connectivity index (χ1n) is 8.67. The van der Waals surface area contributed by atoms with Crippen LogP contribution in [-0.2, 0) is 5.75 Å². The summed E-state index contributed by atoms with van der Waals surface area (Å²) in [4.78, 5) is 11.9. The van der Waals surface area contributed by atoms with Gasteiger partial charge in [0.15, 0.2) is 4.34 Å². The van der Waals surface area contributed by atoms with Gasteiger partial charge in [0.25, 0.3) is 0 Å². The van der Waals surface area contributed by atoms with Gasteiger partial charge < -0.3 is 19.6 Å². The fourth-order valence-corrected chi connectivity index (χ4v) is 4.61. The van der Waals surface area contributed by atoms with E-state index in [1.165, 1.54) is 29.2 Å². The highest BCUT2D eigenvalue weighted by Gasteiger charge is 2.13. The smallest absolute Gasteiger partial charge is 0.336 e. The van der Waals surface area contributed by atoms with Crippen LogP contribution in [0.4, 0.5) is 10.8 Å². The molecule has 2 aromatic heterocycles. The molecule has 0 atom stereocenters. The average molecular weight is 428 g/mol. The maximum atomic E-state index is 11.9. The maximum Gasteiger partial charge on any atom is 0.336 e. The third-order valence-electron chi connectivity index (χ3n) is 4.32. The summed E-state index contributed by atoms with van der Waals surface area (Å²) in [5.74, 6) is 1.34. The van der Waals surface area contributed by atoms with Crippen LogP contribution >= 0.6 is 23.1 Å². The predicted octanol–water partition coefficient (Wildman–Crippen LogP) is 4.70. The molecule has 0 spiro atoms. The first-order chi connectivity index (χ1) is 14.0. The molecule has 7 nitrogen and oxygen atoms in total. The second kappa shape index (κ2) is 8.14. The van der Waals surface area contributed by atoms with Crippen molar-refractivity contribution in [2.45, 2.75) is 17.0 Å². The van der Waals surface area contributed by atoms with Crippen molar-refractivity contribution in [1.82, 2.24) is 10.2 Å². The molecule has 4 aromatic rings. The summed E-state index contributed by atoms with van der Waals surface area (Å²) in [7, 11) is 1.62. The van der Waals surface area contributed by atoms with E-state index in [1.54, 1.807) is 26.2 Å². The number of anilines is 2. The molecule has 4 rings (SSSR count). The number of phenolic OH excluding ortho intramolecular Hbond substituents is 1. The third-order valence-corrected chi connectivity index (χ3v) is 6.34. The molecule has 2 aromatic carbocycles. The summed E-state index contributed by atoms with van der Waals surface area (Å²) in [5.41, 5.74) is 2.13. The van der Waals surface area contributed by atoms with E-state index in [9.17, 15) is 9.90 Å². The molecule has 0 saturated heterocycles. The Labute approximate surface area is 174 Å². The van der Waals surface area contributed by atoms with Gasteiger partial charge in [-0.1, -0.05) is 35.2 Å². The van der Waals surface area contributed by atoms with E-state index in [4.69, 9.17) is 9.15 Å². The zero-order valence-electron chi connectivity index (χ0n) is 15.6. The molecule has 0 aliphatic carbocycles. The van der Waals surface area contributed by atoms with Crippen molar-refractivity contribution in [2.75, 3.05) is 12.4 Å².